The summed E-state index contributed by atoms with van der Waals surface area (Å²) in [7, 11) is 0. The molecule has 3 aromatic carbocycles. The summed E-state index contributed by atoms with van der Waals surface area (Å²) in [6, 6.07) is 29.1. The van der Waals surface area contributed by atoms with Gasteiger partial charge in [-0.05, 0) is 23.1 Å². The zero-order chi connectivity index (χ0) is 15.6. The SMILES string of the molecule is S=c1c2ccccc2c(-c2ccccc2)cn1-c1ccccc1. The molecule has 2 heteroatoms. The molecule has 0 amide bonds. The quantitative estimate of drug-likeness (QED) is 0.409. The summed E-state index contributed by atoms with van der Waals surface area (Å²) in [5.74, 6) is 0. The van der Waals surface area contributed by atoms with Gasteiger partial charge in [0.1, 0.15) is 4.64 Å². The summed E-state index contributed by atoms with van der Waals surface area (Å²) in [6.45, 7) is 0. The first-order chi connectivity index (χ1) is 11.3. The Labute approximate surface area is 140 Å². The van der Waals surface area contributed by atoms with Gasteiger partial charge in [-0.2, -0.15) is 0 Å². The first kappa shape index (κ1) is 13.9. The normalized spacial score (nSPS) is 10.8. The lowest BCUT2D eigenvalue weighted by atomic mass is 10.0. The fourth-order valence-electron chi connectivity index (χ4n) is 2.92. The van der Waals surface area contributed by atoms with Gasteiger partial charge >= 0.3 is 0 Å². The molecule has 0 aliphatic carbocycles. The van der Waals surface area contributed by atoms with Crippen LogP contribution in [-0.4, -0.2) is 4.57 Å². The summed E-state index contributed by atoms with van der Waals surface area (Å²) >= 11 is 5.75. The van der Waals surface area contributed by atoms with Gasteiger partial charge in [0, 0.05) is 22.8 Å². The number of benzene rings is 3. The average Bonchev–Trinajstić information content (AvgIpc) is 2.64. The van der Waals surface area contributed by atoms with Gasteiger partial charge in [-0.3, -0.25) is 0 Å². The van der Waals surface area contributed by atoms with Crippen LogP contribution in [-0.2, 0) is 0 Å². The highest BCUT2D eigenvalue weighted by atomic mass is 32.1. The second kappa shape index (κ2) is 5.82. The van der Waals surface area contributed by atoms with E-state index >= 15 is 0 Å². The lowest BCUT2D eigenvalue weighted by Crippen LogP contribution is -1.99. The highest BCUT2D eigenvalue weighted by molar-refractivity contribution is 7.71. The highest BCUT2D eigenvalue weighted by Crippen LogP contribution is 2.30. The molecular formula is C21H15NS. The van der Waals surface area contributed by atoms with Crippen molar-refractivity contribution in [1.29, 1.82) is 0 Å². The van der Waals surface area contributed by atoms with Crippen molar-refractivity contribution in [2.75, 3.05) is 0 Å². The van der Waals surface area contributed by atoms with Crippen molar-refractivity contribution in [2.24, 2.45) is 0 Å². The standard InChI is InChI=1S/C21H15NS/c23-21-19-14-8-7-13-18(19)20(16-9-3-1-4-10-16)15-22(21)17-11-5-2-6-12-17/h1-15H. The zero-order valence-corrected chi connectivity index (χ0v) is 13.3. The minimum absolute atomic E-state index is 0.839. The predicted molar refractivity (Wildman–Crippen MR) is 99.5 cm³/mol. The Bertz CT molecular complexity index is 1020. The fourth-order valence-corrected chi connectivity index (χ4v) is 3.26. The summed E-state index contributed by atoms with van der Waals surface area (Å²) in [4.78, 5) is 0. The number of pyridine rings is 1. The van der Waals surface area contributed by atoms with Gasteiger partial charge in [0.2, 0.25) is 0 Å². The van der Waals surface area contributed by atoms with E-state index in [4.69, 9.17) is 12.2 Å². The molecule has 0 saturated heterocycles. The molecule has 1 aromatic heterocycles. The average molecular weight is 313 g/mol. The topological polar surface area (TPSA) is 4.93 Å². The fraction of sp³-hybridized carbons (Fsp3) is 0. The first-order valence-electron chi connectivity index (χ1n) is 7.60. The van der Waals surface area contributed by atoms with Crippen LogP contribution < -0.4 is 0 Å². The van der Waals surface area contributed by atoms with Gasteiger partial charge in [-0.1, -0.05) is 85.0 Å². The minimum Gasteiger partial charge on any atom is -0.307 e. The van der Waals surface area contributed by atoms with Crippen LogP contribution in [0.15, 0.2) is 91.1 Å². The van der Waals surface area contributed by atoms with E-state index in [-0.39, 0.29) is 0 Å². The van der Waals surface area contributed by atoms with Crippen molar-refractivity contribution in [2.45, 2.75) is 0 Å². The molecule has 4 aromatic rings. The van der Waals surface area contributed by atoms with Crippen molar-refractivity contribution in [3.8, 4) is 16.8 Å². The highest BCUT2D eigenvalue weighted by Gasteiger charge is 2.09. The number of rotatable bonds is 2. The molecule has 0 unspecified atom stereocenters. The van der Waals surface area contributed by atoms with Gasteiger partial charge < -0.3 is 4.57 Å². The second-order valence-electron chi connectivity index (χ2n) is 5.47. The van der Waals surface area contributed by atoms with Crippen LogP contribution in [0.25, 0.3) is 27.6 Å². The van der Waals surface area contributed by atoms with E-state index in [0.29, 0.717) is 0 Å². The summed E-state index contributed by atoms with van der Waals surface area (Å²) in [5.41, 5.74) is 3.47. The molecule has 110 valence electrons. The number of hydrogen-bond acceptors (Lipinski definition) is 1. The lowest BCUT2D eigenvalue weighted by molar-refractivity contribution is 1.04. The molecule has 0 N–H and O–H groups in total. The van der Waals surface area contributed by atoms with Crippen molar-refractivity contribution >= 4 is 23.0 Å². The molecule has 23 heavy (non-hydrogen) atoms. The third-order valence-electron chi connectivity index (χ3n) is 4.04. The summed E-state index contributed by atoms with van der Waals surface area (Å²) < 4.78 is 2.94. The van der Waals surface area contributed by atoms with Gasteiger partial charge in [0.05, 0.1) is 0 Å². The molecule has 1 nitrogen and oxygen atoms in total. The largest absolute Gasteiger partial charge is 0.307 e. The lowest BCUT2D eigenvalue weighted by Gasteiger charge is -2.14. The molecule has 0 aliphatic rings. The Morgan fingerprint density at radius 1 is 0.609 bits per heavy atom. The summed E-state index contributed by atoms with van der Waals surface area (Å²) in [6.07, 6.45) is 2.15. The van der Waals surface area contributed by atoms with E-state index in [1.54, 1.807) is 0 Å². The van der Waals surface area contributed by atoms with Crippen LogP contribution in [0.2, 0.25) is 0 Å². The predicted octanol–water partition coefficient (Wildman–Crippen LogP) is 6.03. The van der Waals surface area contributed by atoms with E-state index in [9.17, 15) is 0 Å². The number of para-hydroxylation sites is 1. The van der Waals surface area contributed by atoms with E-state index in [1.807, 2.05) is 30.3 Å². The molecule has 0 saturated carbocycles. The van der Waals surface area contributed by atoms with E-state index in [1.165, 1.54) is 16.5 Å². The number of hydrogen-bond donors (Lipinski definition) is 0. The van der Waals surface area contributed by atoms with Crippen molar-refractivity contribution in [3.63, 3.8) is 0 Å². The van der Waals surface area contributed by atoms with Crippen LogP contribution in [0.3, 0.4) is 0 Å². The maximum absolute atomic E-state index is 5.75. The van der Waals surface area contributed by atoms with Crippen molar-refractivity contribution in [1.82, 2.24) is 4.57 Å². The zero-order valence-electron chi connectivity index (χ0n) is 12.5. The van der Waals surface area contributed by atoms with Gasteiger partial charge in [0.15, 0.2) is 0 Å². The molecule has 0 atom stereocenters. The third kappa shape index (κ3) is 2.47. The minimum atomic E-state index is 0.839. The maximum atomic E-state index is 5.75. The molecule has 0 fully saturated rings. The molecule has 4 rings (SSSR count). The Morgan fingerprint density at radius 3 is 1.87 bits per heavy atom. The van der Waals surface area contributed by atoms with Crippen LogP contribution in [0.5, 0.6) is 0 Å². The van der Waals surface area contributed by atoms with Gasteiger partial charge in [-0.15, -0.1) is 0 Å². The van der Waals surface area contributed by atoms with Crippen molar-refractivity contribution in [3.05, 3.63) is 95.8 Å². The van der Waals surface area contributed by atoms with Crippen LogP contribution in [0, 0.1) is 4.64 Å². The maximum Gasteiger partial charge on any atom is 0.118 e. The monoisotopic (exact) mass is 313 g/mol. The Morgan fingerprint density at radius 2 is 1.17 bits per heavy atom. The molecule has 0 aliphatic heterocycles. The van der Waals surface area contributed by atoms with E-state index in [2.05, 4.69) is 65.4 Å². The summed E-state index contributed by atoms with van der Waals surface area (Å²) in [5, 5.41) is 2.29. The van der Waals surface area contributed by atoms with Crippen LogP contribution in [0.1, 0.15) is 0 Å². The Hall–Kier alpha value is -2.71. The van der Waals surface area contributed by atoms with E-state index in [0.717, 1.165) is 15.7 Å². The second-order valence-corrected chi connectivity index (χ2v) is 5.85. The van der Waals surface area contributed by atoms with Crippen LogP contribution >= 0.6 is 12.2 Å². The Kier molecular flexibility index (Phi) is 3.52. The Balaban J connectivity index is 2.11. The molecule has 0 spiro atoms. The van der Waals surface area contributed by atoms with Gasteiger partial charge in [-0.25, -0.2) is 0 Å². The van der Waals surface area contributed by atoms with Gasteiger partial charge in [0.25, 0.3) is 0 Å². The van der Waals surface area contributed by atoms with Crippen LogP contribution in [0.4, 0.5) is 0 Å². The smallest absolute Gasteiger partial charge is 0.118 e. The number of fused-ring (bicyclic) bond motifs is 1. The molecule has 0 radical (unpaired) electrons. The number of aromatic nitrogens is 1. The first-order valence-corrected chi connectivity index (χ1v) is 8.01. The third-order valence-corrected chi connectivity index (χ3v) is 4.46. The molecule has 1 heterocycles. The molecular weight excluding hydrogens is 298 g/mol. The van der Waals surface area contributed by atoms with Crippen molar-refractivity contribution < 1.29 is 0 Å². The van der Waals surface area contributed by atoms with E-state index < -0.39 is 0 Å². The number of nitrogens with zero attached hydrogens (tertiary/aromatic N) is 1. The molecule has 0 bridgehead atoms.